The van der Waals surface area contributed by atoms with Gasteiger partial charge in [-0.3, -0.25) is 9.69 Å². The number of ether oxygens (including phenoxy) is 2. The predicted molar refractivity (Wildman–Crippen MR) is 79.9 cm³/mol. The Labute approximate surface area is 129 Å². The molecule has 1 aromatic heterocycles. The lowest BCUT2D eigenvalue weighted by Crippen LogP contribution is -2.50. The molecule has 1 atom stereocenters. The quantitative estimate of drug-likeness (QED) is 0.754. The van der Waals surface area contributed by atoms with E-state index in [1.165, 1.54) is 0 Å². The summed E-state index contributed by atoms with van der Waals surface area (Å²) in [5.41, 5.74) is -0.759. The van der Waals surface area contributed by atoms with E-state index in [-0.39, 0.29) is 12.4 Å². The van der Waals surface area contributed by atoms with Crippen molar-refractivity contribution < 1.29 is 14.3 Å². The average Bonchev–Trinajstić information content (AvgIpc) is 3.05. The molecular formula is C15H20N2O3S. The Morgan fingerprint density at radius 3 is 2.90 bits per heavy atom. The number of hydrogen-bond acceptors (Lipinski definition) is 6. The number of rotatable bonds is 6. The minimum atomic E-state index is -0.759. The highest BCUT2D eigenvalue weighted by Crippen LogP contribution is 2.36. The van der Waals surface area contributed by atoms with E-state index in [9.17, 15) is 10.1 Å². The SMILES string of the molecule is CCOC(=O)CC[C@@](C#N)(c1cccs1)N1CCOCC1. The third-order valence-electron chi connectivity index (χ3n) is 3.66. The summed E-state index contributed by atoms with van der Waals surface area (Å²) >= 11 is 1.56. The summed E-state index contributed by atoms with van der Waals surface area (Å²) in [5, 5.41) is 11.8. The fourth-order valence-electron chi connectivity index (χ4n) is 2.59. The summed E-state index contributed by atoms with van der Waals surface area (Å²) in [6.07, 6.45) is 0.694. The zero-order valence-corrected chi connectivity index (χ0v) is 13.0. The fourth-order valence-corrected chi connectivity index (χ4v) is 3.53. The van der Waals surface area contributed by atoms with Gasteiger partial charge in [0.25, 0.3) is 0 Å². The van der Waals surface area contributed by atoms with Gasteiger partial charge in [-0.1, -0.05) is 6.07 Å². The van der Waals surface area contributed by atoms with Crippen LogP contribution < -0.4 is 0 Å². The summed E-state index contributed by atoms with van der Waals surface area (Å²) in [4.78, 5) is 14.8. The highest BCUT2D eigenvalue weighted by atomic mass is 32.1. The van der Waals surface area contributed by atoms with Crippen LogP contribution in [0.2, 0.25) is 0 Å². The van der Waals surface area contributed by atoms with E-state index in [2.05, 4.69) is 11.0 Å². The van der Waals surface area contributed by atoms with Crippen LogP contribution in [0, 0.1) is 11.3 Å². The van der Waals surface area contributed by atoms with Gasteiger partial charge in [0.05, 0.1) is 25.9 Å². The van der Waals surface area contributed by atoms with Gasteiger partial charge >= 0.3 is 5.97 Å². The van der Waals surface area contributed by atoms with Crippen LogP contribution in [0.1, 0.15) is 24.6 Å². The summed E-state index contributed by atoms with van der Waals surface area (Å²) in [6, 6.07) is 6.37. The van der Waals surface area contributed by atoms with Crippen LogP contribution in [0.5, 0.6) is 0 Å². The highest BCUT2D eigenvalue weighted by Gasteiger charge is 2.40. The lowest BCUT2D eigenvalue weighted by atomic mass is 9.90. The minimum absolute atomic E-state index is 0.247. The lowest BCUT2D eigenvalue weighted by Gasteiger charge is -2.40. The summed E-state index contributed by atoms with van der Waals surface area (Å²) < 4.78 is 10.4. The van der Waals surface area contributed by atoms with Crippen LogP contribution in [-0.2, 0) is 19.8 Å². The number of carbonyl (C=O) groups is 1. The van der Waals surface area contributed by atoms with Crippen molar-refractivity contribution in [3.8, 4) is 6.07 Å². The number of morpholine rings is 1. The second-order valence-electron chi connectivity index (χ2n) is 4.85. The molecular weight excluding hydrogens is 288 g/mol. The van der Waals surface area contributed by atoms with Crippen LogP contribution in [0.4, 0.5) is 0 Å². The zero-order chi connectivity index (χ0) is 15.1. The van der Waals surface area contributed by atoms with E-state index in [1.807, 2.05) is 17.5 Å². The van der Waals surface area contributed by atoms with Gasteiger partial charge in [-0.25, -0.2) is 0 Å². The Kier molecular flexibility index (Phi) is 5.74. The van der Waals surface area contributed by atoms with Crippen LogP contribution in [0.25, 0.3) is 0 Å². The zero-order valence-electron chi connectivity index (χ0n) is 12.2. The average molecular weight is 308 g/mol. The van der Waals surface area contributed by atoms with Crippen molar-refractivity contribution in [2.24, 2.45) is 0 Å². The topological polar surface area (TPSA) is 62.6 Å². The number of nitriles is 1. The van der Waals surface area contributed by atoms with Crippen molar-refractivity contribution in [3.05, 3.63) is 22.4 Å². The first-order valence-corrected chi connectivity index (χ1v) is 8.04. The summed E-state index contributed by atoms with van der Waals surface area (Å²) in [6.45, 7) is 4.80. The molecule has 5 nitrogen and oxygen atoms in total. The van der Waals surface area contributed by atoms with Crippen molar-refractivity contribution in [2.45, 2.75) is 25.3 Å². The van der Waals surface area contributed by atoms with Crippen molar-refractivity contribution in [1.29, 1.82) is 5.26 Å². The van der Waals surface area contributed by atoms with E-state index in [0.29, 0.717) is 39.3 Å². The minimum Gasteiger partial charge on any atom is -0.466 e. The molecule has 0 saturated carbocycles. The molecule has 0 amide bonds. The van der Waals surface area contributed by atoms with Crippen LogP contribution >= 0.6 is 11.3 Å². The number of esters is 1. The molecule has 1 fully saturated rings. The van der Waals surface area contributed by atoms with Crippen LogP contribution in [-0.4, -0.2) is 43.8 Å². The molecule has 1 saturated heterocycles. The van der Waals surface area contributed by atoms with Crippen molar-refractivity contribution in [3.63, 3.8) is 0 Å². The third-order valence-corrected chi connectivity index (χ3v) is 4.68. The summed E-state index contributed by atoms with van der Waals surface area (Å²) in [7, 11) is 0. The molecule has 0 aromatic carbocycles. The highest BCUT2D eigenvalue weighted by molar-refractivity contribution is 7.10. The molecule has 0 unspecified atom stereocenters. The first-order chi connectivity index (χ1) is 10.2. The molecule has 21 heavy (non-hydrogen) atoms. The van der Waals surface area contributed by atoms with Gasteiger partial charge in [0.15, 0.2) is 0 Å². The molecule has 0 radical (unpaired) electrons. The maximum atomic E-state index is 11.7. The Morgan fingerprint density at radius 2 is 2.33 bits per heavy atom. The summed E-state index contributed by atoms with van der Waals surface area (Å²) in [5.74, 6) is -0.248. The van der Waals surface area contributed by atoms with E-state index < -0.39 is 5.54 Å². The molecule has 0 spiro atoms. The molecule has 6 heteroatoms. The monoisotopic (exact) mass is 308 g/mol. The predicted octanol–water partition coefficient (Wildman–Crippen LogP) is 2.14. The van der Waals surface area contributed by atoms with Gasteiger partial charge in [0.1, 0.15) is 5.54 Å². The van der Waals surface area contributed by atoms with Crippen molar-refractivity contribution in [2.75, 3.05) is 32.9 Å². The molecule has 2 heterocycles. The smallest absolute Gasteiger partial charge is 0.305 e. The third kappa shape index (κ3) is 3.62. The van der Waals surface area contributed by atoms with Crippen molar-refractivity contribution in [1.82, 2.24) is 4.90 Å². The Hall–Kier alpha value is -1.42. The first-order valence-electron chi connectivity index (χ1n) is 7.16. The van der Waals surface area contributed by atoms with Gasteiger partial charge in [-0.2, -0.15) is 5.26 Å². The molecule has 0 bridgehead atoms. The molecule has 1 aliphatic rings. The molecule has 1 aliphatic heterocycles. The molecule has 1 aromatic rings. The number of hydrogen-bond donors (Lipinski definition) is 0. The van der Waals surface area contributed by atoms with E-state index in [4.69, 9.17) is 9.47 Å². The standard InChI is InChI=1S/C15H20N2O3S/c1-2-20-14(18)5-6-15(12-16,13-4-3-11-21-13)17-7-9-19-10-8-17/h3-4,11H,2,5-10H2,1H3/t15-/m1/s1. The molecule has 2 rings (SSSR count). The maximum absolute atomic E-state index is 11.7. The van der Waals surface area contributed by atoms with Crippen molar-refractivity contribution >= 4 is 17.3 Å². The van der Waals surface area contributed by atoms with Gasteiger partial charge in [0, 0.05) is 24.4 Å². The fraction of sp³-hybridized carbons (Fsp3) is 0.600. The van der Waals surface area contributed by atoms with Gasteiger partial charge in [-0.05, 0) is 24.8 Å². The lowest BCUT2D eigenvalue weighted by molar-refractivity contribution is -0.144. The van der Waals surface area contributed by atoms with Crippen LogP contribution in [0.15, 0.2) is 17.5 Å². The molecule has 0 aliphatic carbocycles. The van der Waals surface area contributed by atoms with Gasteiger partial charge < -0.3 is 9.47 Å². The Bertz CT molecular complexity index is 492. The van der Waals surface area contributed by atoms with Gasteiger partial charge in [-0.15, -0.1) is 11.3 Å². The molecule has 0 N–H and O–H groups in total. The second kappa shape index (κ2) is 7.55. The number of thiophene rings is 1. The number of carbonyl (C=O) groups excluding carboxylic acids is 1. The first kappa shape index (κ1) is 16.0. The largest absolute Gasteiger partial charge is 0.466 e. The number of nitrogens with zero attached hydrogens (tertiary/aromatic N) is 2. The maximum Gasteiger partial charge on any atom is 0.305 e. The second-order valence-corrected chi connectivity index (χ2v) is 5.80. The molecule has 114 valence electrons. The van der Waals surface area contributed by atoms with Crippen LogP contribution in [0.3, 0.4) is 0 Å². The van der Waals surface area contributed by atoms with E-state index >= 15 is 0 Å². The Morgan fingerprint density at radius 1 is 1.57 bits per heavy atom. The normalized spacial score (nSPS) is 18.7. The van der Waals surface area contributed by atoms with E-state index in [0.717, 1.165) is 4.88 Å². The van der Waals surface area contributed by atoms with Gasteiger partial charge in [0.2, 0.25) is 0 Å². The Balaban J connectivity index is 2.20. The van der Waals surface area contributed by atoms with E-state index in [1.54, 1.807) is 18.3 Å².